The molecule has 140 valence electrons. The summed E-state index contributed by atoms with van der Waals surface area (Å²) >= 11 is 0. The number of likely N-dealkylation sites (N-methyl/N-ethyl adjacent to an activating group) is 1. The Labute approximate surface area is 153 Å². The van der Waals surface area contributed by atoms with Gasteiger partial charge in [0, 0.05) is 13.1 Å². The maximum Gasteiger partial charge on any atom is 0.325 e. The van der Waals surface area contributed by atoms with Gasteiger partial charge in [-0.1, -0.05) is 29.8 Å². The molecule has 7 heteroatoms. The van der Waals surface area contributed by atoms with E-state index in [1.165, 1.54) is 0 Å². The van der Waals surface area contributed by atoms with Crippen LogP contribution in [-0.2, 0) is 15.1 Å². The number of aryl methyl sites for hydroxylation is 1. The average molecular weight is 358 g/mol. The van der Waals surface area contributed by atoms with Gasteiger partial charge >= 0.3 is 6.03 Å². The molecule has 0 radical (unpaired) electrons. The van der Waals surface area contributed by atoms with Crippen LogP contribution in [0, 0.1) is 6.92 Å². The fourth-order valence-corrected chi connectivity index (χ4v) is 3.57. The number of hydrogen-bond donors (Lipinski definition) is 2. The number of hydrogen-bond acceptors (Lipinski definition) is 4. The molecule has 2 N–H and O–H groups in total. The van der Waals surface area contributed by atoms with Gasteiger partial charge in [0.1, 0.15) is 12.1 Å². The number of urea groups is 1. The van der Waals surface area contributed by atoms with Crippen molar-refractivity contribution in [2.24, 2.45) is 0 Å². The van der Waals surface area contributed by atoms with E-state index < -0.39 is 17.5 Å². The molecular weight excluding hydrogens is 332 g/mol. The third-order valence-corrected chi connectivity index (χ3v) is 5.45. The lowest BCUT2D eigenvalue weighted by Gasteiger charge is -2.32. The molecule has 2 saturated heterocycles. The summed E-state index contributed by atoms with van der Waals surface area (Å²) in [5.41, 5.74) is 0.645. The van der Waals surface area contributed by atoms with E-state index in [0.717, 1.165) is 36.4 Å². The van der Waals surface area contributed by atoms with Gasteiger partial charge in [-0.2, -0.15) is 0 Å². The Kier molecular flexibility index (Phi) is 5.00. The van der Waals surface area contributed by atoms with Gasteiger partial charge in [-0.3, -0.25) is 14.5 Å². The Morgan fingerprint density at radius 2 is 1.85 bits per heavy atom. The smallest absolute Gasteiger partial charge is 0.325 e. The number of piperidine rings is 1. The fraction of sp³-hybridized carbons (Fsp3) is 0.526. The molecule has 0 bridgehead atoms. The second-order valence-corrected chi connectivity index (χ2v) is 7.30. The highest BCUT2D eigenvalue weighted by Crippen LogP contribution is 2.29. The summed E-state index contributed by atoms with van der Waals surface area (Å²) in [5, 5.41) is 6.01. The predicted octanol–water partition coefficient (Wildman–Crippen LogP) is 0.972. The molecule has 0 aromatic heterocycles. The van der Waals surface area contributed by atoms with Crippen LogP contribution in [0.25, 0.3) is 0 Å². The third-order valence-electron chi connectivity index (χ3n) is 5.45. The minimum atomic E-state index is -1.14. The van der Waals surface area contributed by atoms with Crippen molar-refractivity contribution in [2.75, 3.05) is 26.7 Å². The number of imide groups is 1. The number of nitrogens with one attached hydrogen (secondary N) is 2. The van der Waals surface area contributed by atoms with Gasteiger partial charge in [-0.05, 0) is 45.3 Å². The van der Waals surface area contributed by atoms with Crippen LogP contribution < -0.4 is 10.6 Å². The summed E-state index contributed by atoms with van der Waals surface area (Å²) in [4.78, 5) is 40.6. The highest BCUT2D eigenvalue weighted by Gasteiger charge is 2.49. The molecule has 2 heterocycles. The maximum absolute atomic E-state index is 12.9. The van der Waals surface area contributed by atoms with E-state index >= 15 is 0 Å². The lowest BCUT2D eigenvalue weighted by atomic mass is 9.91. The SMILES string of the molecule is Cc1ccc(C2(C)NC(=O)N(CC(=O)N(C)C3CCNCC3)C2=O)cc1. The molecule has 26 heavy (non-hydrogen) atoms. The zero-order valence-electron chi connectivity index (χ0n) is 15.5. The van der Waals surface area contributed by atoms with Crippen LogP contribution in [0.3, 0.4) is 0 Å². The molecule has 2 fully saturated rings. The van der Waals surface area contributed by atoms with Crippen LogP contribution in [0.5, 0.6) is 0 Å². The normalized spacial score (nSPS) is 23.9. The van der Waals surface area contributed by atoms with Gasteiger partial charge < -0.3 is 15.5 Å². The number of rotatable bonds is 4. The van der Waals surface area contributed by atoms with Gasteiger partial charge in [0.05, 0.1) is 0 Å². The first-order chi connectivity index (χ1) is 12.3. The van der Waals surface area contributed by atoms with Crippen LogP contribution in [0.4, 0.5) is 4.79 Å². The van der Waals surface area contributed by atoms with E-state index in [0.29, 0.717) is 5.56 Å². The topological polar surface area (TPSA) is 81.8 Å². The van der Waals surface area contributed by atoms with Crippen LogP contribution in [0.15, 0.2) is 24.3 Å². The van der Waals surface area contributed by atoms with E-state index in [4.69, 9.17) is 0 Å². The molecule has 1 aromatic rings. The van der Waals surface area contributed by atoms with Crippen molar-refractivity contribution < 1.29 is 14.4 Å². The van der Waals surface area contributed by atoms with Gasteiger partial charge in [-0.15, -0.1) is 0 Å². The Morgan fingerprint density at radius 3 is 2.46 bits per heavy atom. The zero-order valence-corrected chi connectivity index (χ0v) is 15.5. The van der Waals surface area contributed by atoms with Crippen molar-refractivity contribution in [1.29, 1.82) is 0 Å². The van der Waals surface area contributed by atoms with Crippen LogP contribution >= 0.6 is 0 Å². The summed E-state index contributed by atoms with van der Waals surface area (Å²) in [5.74, 6) is -0.605. The number of carbonyl (C=O) groups excluding carboxylic acids is 3. The summed E-state index contributed by atoms with van der Waals surface area (Å²) in [7, 11) is 1.75. The number of amides is 4. The summed E-state index contributed by atoms with van der Waals surface area (Å²) in [6.45, 7) is 5.15. The predicted molar refractivity (Wildman–Crippen MR) is 97.4 cm³/mol. The molecule has 2 aliphatic rings. The van der Waals surface area contributed by atoms with Gasteiger partial charge in [0.2, 0.25) is 5.91 Å². The molecular formula is C19H26N4O3. The standard InChI is InChI=1S/C19H26N4O3/c1-13-4-6-14(7-5-13)19(2)17(25)23(18(26)21-19)12-16(24)22(3)15-8-10-20-11-9-15/h4-7,15,20H,8-12H2,1-3H3,(H,21,26). The Hall–Kier alpha value is -2.41. The largest absolute Gasteiger partial charge is 0.341 e. The minimum absolute atomic E-state index is 0.146. The molecule has 1 atom stereocenters. The molecule has 2 aliphatic heterocycles. The van der Waals surface area contributed by atoms with Crippen molar-refractivity contribution >= 4 is 17.8 Å². The lowest BCUT2D eigenvalue weighted by molar-refractivity contribution is -0.139. The second kappa shape index (κ2) is 7.07. The second-order valence-electron chi connectivity index (χ2n) is 7.30. The summed E-state index contributed by atoms with van der Waals surface area (Å²) < 4.78 is 0. The maximum atomic E-state index is 12.9. The van der Waals surface area contributed by atoms with E-state index in [-0.39, 0.29) is 18.5 Å². The lowest BCUT2D eigenvalue weighted by Crippen LogP contribution is -2.48. The zero-order chi connectivity index (χ0) is 18.9. The molecule has 1 unspecified atom stereocenters. The molecule has 1 aromatic carbocycles. The van der Waals surface area contributed by atoms with Gasteiger partial charge in [0.15, 0.2) is 0 Å². The van der Waals surface area contributed by atoms with Crippen LogP contribution in [0.2, 0.25) is 0 Å². The molecule has 0 aliphatic carbocycles. The van der Waals surface area contributed by atoms with E-state index in [9.17, 15) is 14.4 Å². The van der Waals surface area contributed by atoms with Crippen molar-refractivity contribution in [3.05, 3.63) is 35.4 Å². The Bertz CT molecular complexity index is 712. The van der Waals surface area contributed by atoms with Crippen LogP contribution in [-0.4, -0.2) is 60.4 Å². The van der Waals surface area contributed by atoms with E-state index in [1.54, 1.807) is 18.9 Å². The minimum Gasteiger partial charge on any atom is -0.341 e. The molecule has 4 amide bonds. The average Bonchev–Trinajstić information content (AvgIpc) is 2.86. The molecule has 0 saturated carbocycles. The molecule has 0 spiro atoms. The van der Waals surface area contributed by atoms with Crippen molar-refractivity contribution in [2.45, 2.75) is 38.3 Å². The van der Waals surface area contributed by atoms with Gasteiger partial charge in [0.25, 0.3) is 5.91 Å². The van der Waals surface area contributed by atoms with Crippen molar-refractivity contribution in [3.63, 3.8) is 0 Å². The number of carbonyl (C=O) groups is 3. The van der Waals surface area contributed by atoms with Crippen molar-refractivity contribution in [1.82, 2.24) is 20.4 Å². The third kappa shape index (κ3) is 3.31. The van der Waals surface area contributed by atoms with E-state index in [2.05, 4.69) is 10.6 Å². The van der Waals surface area contributed by atoms with Gasteiger partial charge in [-0.25, -0.2) is 4.79 Å². The summed E-state index contributed by atoms with van der Waals surface area (Å²) in [6.07, 6.45) is 1.76. The fourth-order valence-electron chi connectivity index (χ4n) is 3.57. The van der Waals surface area contributed by atoms with Crippen molar-refractivity contribution in [3.8, 4) is 0 Å². The highest BCUT2D eigenvalue weighted by atomic mass is 16.2. The number of benzene rings is 1. The number of nitrogens with zero attached hydrogens (tertiary/aromatic N) is 2. The summed E-state index contributed by atoms with van der Waals surface area (Å²) in [6, 6.07) is 7.09. The first kappa shape index (κ1) is 18.4. The van der Waals surface area contributed by atoms with Crippen LogP contribution in [0.1, 0.15) is 30.9 Å². The molecule has 7 nitrogen and oxygen atoms in total. The van der Waals surface area contributed by atoms with E-state index in [1.807, 2.05) is 31.2 Å². The Morgan fingerprint density at radius 1 is 1.23 bits per heavy atom. The highest BCUT2D eigenvalue weighted by molar-refractivity contribution is 6.09. The first-order valence-corrected chi connectivity index (χ1v) is 9.00. The molecule has 3 rings (SSSR count). The first-order valence-electron chi connectivity index (χ1n) is 9.00. The Balaban J connectivity index is 1.72. The quantitative estimate of drug-likeness (QED) is 0.786. The monoisotopic (exact) mass is 358 g/mol.